The minimum Gasteiger partial charge on any atom is -0.508 e. The summed E-state index contributed by atoms with van der Waals surface area (Å²) in [5.41, 5.74) is 0.549. The van der Waals surface area contributed by atoms with Crippen LogP contribution in [0.2, 0.25) is 0 Å². The normalized spacial score (nSPS) is 26.5. The smallest absolute Gasteiger partial charge is 0.246 e. The van der Waals surface area contributed by atoms with Crippen LogP contribution in [0.25, 0.3) is 11.3 Å². The van der Waals surface area contributed by atoms with Crippen LogP contribution in [0.15, 0.2) is 30.5 Å². The Kier molecular flexibility index (Phi) is 9.43. The van der Waals surface area contributed by atoms with Gasteiger partial charge >= 0.3 is 0 Å². The van der Waals surface area contributed by atoms with Crippen LogP contribution < -0.4 is 10.6 Å². The number of amides is 3. The number of likely N-dealkylation sites (tertiary alicyclic amines) is 1. The van der Waals surface area contributed by atoms with Crippen molar-refractivity contribution < 1.29 is 29.0 Å². The molecule has 0 radical (unpaired) electrons. The predicted molar refractivity (Wildman–Crippen MR) is 159 cm³/mol. The van der Waals surface area contributed by atoms with E-state index in [0.29, 0.717) is 49.7 Å². The molecule has 4 heterocycles. The third kappa shape index (κ3) is 6.89. The maximum Gasteiger partial charge on any atom is 0.246 e. The highest BCUT2D eigenvalue weighted by atomic mass is 16.5. The summed E-state index contributed by atoms with van der Waals surface area (Å²) in [6.45, 7) is 3.03. The minimum atomic E-state index is -0.802. The number of phenols is 1. The number of hydrogen-bond donors (Lipinski definition) is 3. The van der Waals surface area contributed by atoms with Gasteiger partial charge in [0, 0.05) is 37.8 Å². The van der Waals surface area contributed by atoms with Gasteiger partial charge in [0.05, 0.1) is 44.0 Å². The fourth-order valence-corrected chi connectivity index (χ4v) is 7.28. The van der Waals surface area contributed by atoms with Crippen molar-refractivity contribution in [3.63, 3.8) is 0 Å². The first-order valence-corrected chi connectivity index (χ1v) is 15.9. The van der Waals surface area contributed by atoms with Crippen molar-refractivity contribution in [1.82, 2.24) is 35.4 Å². The van der Waals surface area contributed by atoms with Crippen molar-refractivity contribution in [3.8, 4) is 17.0 Å². The fourth-order valence-electron chi connectivity index (χ4n) is 7.28. The van der Waals surface area contributed by atoms with Gasteiger partial charge in [-0.2, -0.15) is 0 Å². The monoisotopic (exact) mass is 609 g/mol. The molecule has 1 saturated carbocycles. The van der Waals surface area contributed by atoms with Crippen LogP contribution in [-0.4, -0.2) is 118 Å². The molecule has 1 spiro atoms. The summed E-state index contributed by atoms with van der Waals surface area (Å²) >= 11 is 0. The van der Waals surface area contributed by atoms with E-state index >= 15 is 0 Å². The molecule has 0 unspecified atom stereocenters. The van der Waals surface area contributed by atoms with Crippen LogP contribution in [0.4, 0.5) is 0 Å². The van der Waals surface area contributed by atoms with Crippen LogP contribution in [0, 0.1) is 0 Å². The van der Waals surface area contributed by atoms with Crippen molar-refractivity contribution in [3.05, 3.63) is 30.5 Å². The summed E-state index contributed by atoms with van der Waals surface area (Å²) in [6.07, 6.45) is 8.62. The molecule has 1 aromatic carbocycles. The van der Waals surface area contributed by atoms with E-state index in [-0.39, 0.29) is 56.3 Å². The molecule has 6 rings (SSSR count). The molecule has 0 bridgehead atoms. The SMILES string of the molecule is O=C1COCCOCCNC(=O)[C@@H]2[C@H](n3cc(-c4cccc(O)c4)nn3)CCN2C(=O)CC2(CCN(C3CCCC3)CC2)N1. The Morgan fingerprint density at radius 2 is 1.77 bits per heavy atom. The lowest BCUT2D eigenvalue weighted by Crippen LogP contribution is -2.60. The Morgan fingerprint density at radius 1 is 0.977 bits per heavy atom. The van der Waals surface area contributed by atoms with E-state index in [0.717, 1.165) is 13.1 Å². The average molecular weight is 610 g/mol. The largest absolute Gasteiger partial charge is 0.508 e. The molecule has 4 aliphatic rings. The van der Waals surface area contributed by atoms with Crippen LogP contribution in [0.3, 0.4) is 0 Å². The zero-order valence-corrected chi connectivity index (χ0v) is 25.2. The summed E-state index contributed by atoms with van der Waals surface area (Å²) in [5, 5.41) is 24.7. The summed E-state index contributed by atoms with van der Waals surface area (Å²) in [5.74, 6) is -0.568. The highest BCUT2D eigenvalue weighted by molar-refractivity contribution is 5.89. The number of fused-ring (bicyclic) bond motifs is 1. The van der Waals surface area contributed by atoms with Gasteiger partial charge in [-0.25, -0.2) is 4.68 Å². The summed E-state index contributed by atoms with van der Waals surface area (Å²) in [7, 11) is 0. The molecule has 2 atom stereocenters. The number of phenolic OH excluding ortho intramolecular Hbond substituents is 1. The van der Waals surface area contributed by atoms with E-state index in [1.807, 2.05) is 6.07 Å². The predicted octanol–water partition coefficient (Wildman–Crippen LogP) is 1.24. The van der Waals surface area contributed by atoms with Crippen molar-refractivity contribution in [2.45, 2.75) is 75.0 Å². The number of carbonyl (C=O) groups is 3. The van der Waals surface area contributed by atoms with Crippen LogP contribution in [0.1, 0.15) is 57.4 Å². The number of hydrogen-bond acceptors (Lipinski definition) is 9. The Morgan fingerprint density at radius 3 is 2.57 bits per heavy atom. The molecule has 238 valence electrons. The number of nitrogens with one attached hydrogen (secondary N) is 2. The molecule has 1 aliphatic carbocycles. The summed E-state index contributed by atoms with van der Waals surface area (Å²) in [6, 6.07) is 6.10. The van der Waals surface area contributed by atoms with Crippen LogP contribution >= 0.6 is 0 Å². The number of ether oxygens (including phenoxy) is 2. The standard InChI is InChI=1S/C31H43N7O6/c39-24-7-3-4-22(18-24)25-20-38(35-34-25)26-8-12-37-28(41)19-31(9-13-36(14-10-31)23-5-1-2-6-23)33-27(40)21-44-17-16-43-15-11-32-30(42)29(26)37/h3-4,7,18,20,23,26,29,39H,1-2,5-6,8-17,19,21H2,(H,32,42)(H,33,40)/t26-,29+/m1/s1. The molecule has 3 N–H and O–H groups in total. The Bertz CT molecular complexity index is 1320. The van der Waals surface area contributed by atoms with Gasteiger partial charge in [0.15, 0.2) is 0 Å². The molecule has 13 heteroatoms. The molecule has 1 aromatic heterocycles. The van der Waals surface area contributed by atoms with Crippen molar-refractivity contribution in [2.24, 2.45) is 0 Å². The number of aromatic nitrogens is 3. The molecule has 3 saturated heterocycles. The van der Waals surface area contributed by atoms with Gasteiger partial charge in [0.2, 0.25) is 17.7 Å². The number of carbonyl (C=O) groups excluding carboxylic acids is 3. The molecule has 3 amide bonds. The average Bonchev–Trinajstić information content (AvgIpc) is 3.79. The molecule has 2 aromatic rings. The lowest BCUT2D eigenvalue weighted by atomic mass is 9.83. The van der Waals surface area contributed by atoms with E-state index in [2.05, 4.69) is 25.8 Å². The van der Waals surface area contributed by atoms with Crippen molar-refractivity contribution >= 4 is 17.7 Å². The number of piperidine rings is 1. The first-order valence-electron chi connectivity index (χ1n) is 15.9. The maximum atomic E-state index is 14.1. The molecule has 4 fully saturated rings. The fraction of sp³-hybridized carbons (Fsp3) is 0.645. The molecule has 44 heavy (non-hydrogen) atoms. The molecule has 13 nitrogen and oxygen atoms in total. The van der Waals surface area contributed by atoms with Gasteiger partial charge < -0.3 is 35.0 Å². The third-order valence-corrected chi connectivity index (χ3v) is 9.59. The topological polar surface area (TPSA) is 151 Å². The molecule has 3 aliphatic heterocycles. The second-order valence-electron chi connectivity index (χ2n) is 12.5. The Balaban J connectivity index is 1.24. The lowest BCUT2D eigenvalue weighted by molar-refractivity contribution is -0.142. The first kappa shape index (κ1) is 30.5. The summed E-state index contributed by atoms with van der Waals surface area (Å²) in [4.78, 5) is 45.0. The number of rotatable bonds is 3. The van der Waals surface area contributed by atoms with E-state index < -0.39 is 17.6 Å². The molecular weight excluding hydrogens is 566 g/mol. The number of nitrogens with zero attached hydrogens (tertiary/aromatic N) is 5. The van der Waals surface area contributed by atoms with Crippen LogP contribution in [0.5, 0.6) is 5.75 Å². The Hall–Kier alpha value is -3.55. The van der Waals surface area contributed by atoms with Gasteiger partial charge in [0.1, 0.15) is 24.1 Å². The lowest BCUT2D eigenvalue weighted by Gasteiger charge is -2.44. The maximum absolute atomic E-state index is 14.1. The third-order valence-electron chi connectivity index (χ3n) is 9.59. The zero-order valence-electron chi connectivity index (χ0n) is 25.2. The molecular formula is C31H43N7O6. The second-order valence-corrected chi connectivity index (χ2v) is 12.5. The first-order chi connectivity index (χ1) is 21.4. The van der Waals surface area contributed by atoms with Gasteiger partial charge in [-0.1, -0.05) is 30.2 Å². The van der Waals surface area contributed by atoms with Gasteiger partial charge in [-0.3, -0.25) is 14.4 Å². The van der Waals surface area contributed by atoms with E-state index in [1.54, 1.807) is 34.0 Å². The highest BCUT2D eigenvalue weighted by Crippen LogP contribution is 2.35. The van der Waals surface area contributed by atoms with Crippen molar-refractivity contribution in [1.29, 1.82) is 0 Å². The van der Waals surface area contributed by atoms with Crippen molar-refractivity contribution in [2.75, 3.05) is 52.6 Å². The van der Waals surface area contributed by atoms with Gasteiger partial charge in [-0.05, 0) is 44.2 Å². The van der Waals surface area contributed by atoms with Crippen LogP contribution in [-0.2, 0) is 23.9 Å². The van der Waals surface area contributed by atoms with E-state index in [4.69, 9.17) is 9.47 Å². The van der Waals surface area contributed by atoms with E-state index in [9.17, 15) is 19.5 Å². The number of benzene rings is 1. The minimum absolute atomic E-state index is 0.0926. The zero-order chi connectivity index (χ0) is 30.5. The van der Waals surface area contributed by atoms with E-state index in [1.165, 1.54) is 25.7 Å². The Labute approximate surface area is 257 Å². The highest BCUT2D eigenvalue weighted by Gasteiger charge is 2.47. The number of aromatic hydroxyl groups is 1. The summed E-state index contributed by atoms with van der Waals surface area (Å²) < 4.78 is 12.8. The quantitative estimate of drug-likeness (QED) is 0.467. The van der Waals surface area contributed by atoms with Gasteiger partial charge in [0.25, 0.3) is 0 Å². The second kappa shape index (κ2) is 13.6. The van der Waals surface area contributed by atoms with Gasteiger partial charge in [-0.15, -0.1) is 5.10 Å².